The highest BCUT2D eigenvalue weighted by molar-refractivity contribution is 6.33. The lowest BCUT2D eigenvalue weighted by atomic mass is 9.99. The Morgan fingerprint density at radius 3 is 1.72 bits per heavy atom. The van der Waals surface area contributed by atoms with Crippen LogP contribution in [0.3, 0.4) is 0 Å². The Morgan fingerprint density at radius 1 is 0.608 bits per heavy atom. The van der Waals surface area contributed by atoms with Gasteiger partial charge in [0.2, 0.25) is 6.29 Å². The summed E-state index contributed by atoms with van der Waals surface area (Å²) in [6.45, 7) is 8.48. The second-order valence-corrected chi connectivity index (χ2v) is 19.1. The summed E-state index contributed by atoms with van der Waals surface area (Å²) in [6, 6.07) is 41.3. The first-order valence-electron chi connectivity index (χ1n) is 27.1. The molecule has 18 heteroatoms. The Balaban J connectivity index is 1.08. The van der Waals surface area contributed by atoms with Crippen molar-refractivity contribution >= 4 is 80.4 Å². The van der Waals surface area contributed by atoms with E-state index in [1.165, 1.54) is 12.8 Å². The van der Waals surface area contributed by atoms with E-state index < -0.39 is 6.29 Å². The van der Waals surface area contributed by atoms with Crippen molar-refractivity contribution in [2.75, 3.05) is 49.7 Å². The molecule has 79 heavy (non-hydrogen) atoms. The molecule has 410 valence electrons. The highest BCUT2D eigenvalue weighted by Crippen LogP contribution is 2.43. The Bertz CT molecular complexity index is 3080. The lowest BCUT2D eigenvalue weighted by Gasteiger charge is -2.29. The molecule has 1 aliphatic rings. The van der Waals surface area contributed by atoms with Crippen molar-refractivity contribution in [1.82, 2.24) is 0 Å². The maximum Gasteiger partial charge on any atom is 0.308 e. The third-order valence-corrected chi connectivity index (χ3v) is 13.1. The molecule has 0 saturated carbocycles. The van der Waals surface area contributed by atoms with Gasteiger partial charge in [-0.2, -0.15) is 30.8 Å². The fourth-order valence-electron chi connectivity index (χ4n) is 8.31. The standard InChI is InChI=1S/C61H68ClN11O6/c1-5-8-9-10-12-16-61(79-60(75)7-3)78-51-29-25-48(26-30-51)65-64-44-17-19-45(20-18-44)67-70-57-33-28-50(73-37-13-11-14-38-73)42-54(57)53-41-49(72(4)36-15-35-63)27-32-56(53)69-66-46-21-23-47(24-22-46)68-71-58-34-31-52(43-55(58)62)76-39-40-77-59(74)6-2/h17-34,41-43,61H,5-16,36-40H2,1-4H3/b65-64+,69-66-,70-67+,71-68+. The number of carbonyl (C=O) groups is 2. The largest absolute Gasteiger partial charge is 0.490 e. The number of piperidine rings is 1. The van der Waals surface area contributed by atoms with Gasteiger partial charge in [0.25, 0.3) is 0 Å². The van der Waals surface area contributed by atoms with E-state index in [0.717, 1.165) is 74.1 Å². The van der Waals surface area contributed by atoms with Gasteiger partial charge in [0, 0.05) is 74.5 Å². The molecule has 0 spiro atoms. The number of unbranched alkanes of at least 4 members (excludes halogenated alkanes) is 4. The van der Waals surface area contributed by atoms with E-state index in [-0.39, 0.29) is 31.6 Å². The number of nitriles is 1. The van der Waals surface area contributed by atoms with Gasteiger partial charge in [-0.1, -0.05) is 58.1 Å². The molecule has 0 aliphatic carbocycles. The molecular weight excluding hydrogens is 1020 g/mol. The first-order chi connectivity index (χ1) is 38.6. The van der Waals surface area contributed by atoms with Crippen LogP contribution < -0.4 is 19.3 Å². The number of ether oxygens (including phenoxy) is 4. The zero-order valence-corrected chi connectivity index (χ0v) is 46.2. The normalized spacial score (nSPS) is 13.0. The lowest BCUT2D eigenvalue weighted by molar-refractivity contribution is -0.164. The highest BCUT2D eigenvalue weighted by Gasteiger charge is 2.19. The summed E-state index contributed by atoms with van der Waals surface area (Å²) in [4.78, 5) is 27.9. The van der Waals surface area contributed by atoms with Crippen LogP contribution in [0.2, 0.25) is 5.02 Å². The molecule has 0 N–H and O–H groups in total. The smallest absolute Gasteiger partial charge is 0.308 e. The van der Waals surface area contributed by atoms with Crippen LogP contribution in [0.4, 0.5) is 56.9 Å². The number of azo groups is 4. The van der Waals surface area contributed by atoms with Crippen molar-refractivity contribution < 1.29 is 28.5 Å². The van der Waals surface area contributed by atoms with Gasteiger partial charge in [-0.15, -0.1) is 15.3 Å². The van der Waals surface area contributed by atoms with Gasteiger partial charge in [0.05, 0.1) is 57.3 Å². The van der Waals surface area contributed by atoms with Crippen LogP contribution in [0, 0.1) is 11.3 Å². The quantitative estimate of drug-likeness (QED) is 0.0198. The summed E-state index contributed by atoms with van der Waals surface area (Å²) in [5.74, 6) is 0.535. The molecule has 6 aromatic carbocycles. The zero-order valence-electron chi connectivity index (χ0n) is 45.5. The van der Waals surface area contributed by atoms with E-state index in [1.807, 2.05) is 78.7 Å². The second-order valence-electron chi connectivity index (χ2n) is 18.7. The molecule has 7 rings (SSSR count). The first kappa shape index (κ1) is 58.3. The molecule has 0 bridgehead atoms. The summed E-state index contributed by atoms with van der Waals surface area (Å²) in [7, 11) is 1.96. The van der Waals surface area contributed by atoms with Gasteiger partial charge in [0.1, 0.15) is 30.4 Å². The van der Waals surface area contributed by atoms with Crippen LogP contribution in [0.15, 0.2) is 168 Å². The molecule has 1 atom stereocenters. The minimum absolute atomic E-state index is 0.144. The molecule has 0 radical (unpaired) electrons. The Morgan fingerprint density at radius 2 is 1.14 bits per heavy atom. The number of carbonyl (C=O) groups excluding carboxylic acids is 2. The molecule has 0 aromatic heterocycles. The van der Waals surface area contributed by atoms with Crippen molar-refractivity contribution in [3.63, 3.8) is 0 Å². The van der Waals surface area contributed by atoms with Crippen LogP contribution in [-0.4, -0.2) is 58.1 Å². The van der Waals surface area contributed by atoms with Crippen molar-refractivity contribution in [3.05, 3.63) is 132 Å². The van der Waals surface area contributed by atoms with E-state index in [9.17, 15) is 14.9 Å². The number of hydrogen-bond acceptors (Lipinski definition) is 17. The van der Waals surface area contributed by atoms with Crippen LogP contribution in [0.5, 0.6) is 11.5 Å². The van der Waals surface area contributed by atoms with Crippen molar-refractivity contribution in [2.45, 2.75) is 104 Å². The number of anilines is 2. The summed E-state index contributed by atoms with van der Waals surface area (Å²) in [6.07, 6.45) is 9.86. The first-order valence-corrected chi connectivity index (χ1v) is 27.5. The van der Waals surface area contributed by atoms with Crippen LogP contribution >= 0.6 is 11.6 Å². The van der Waals surface area contributed by atoms with Crippen molar-refractivity contribution in [3.8, 4) is 28.7 Å². The topological polar surface area (TPSA) is 200 Å². The molecule has 1 saturated heterocycles. The van der Waals surface area contributed by atoms with Gasteiger partial charge >= 0.3 is 11.9 Å². The van der Waals surface area contributed by atoms with Gasteiger partial charge in [-0.05, 0) is 147 Å². The third-order valence-electron chi connectivity index (χ3n) is 12.8. The van der Waals surface area contributed by atoms with Gasteiger partial charge in [-0.25, -0.2) is 0 Å². The van der Waals surface area contributed by atoms with E-state index in [0.29, 0.717) is 87.8 Å². The molecule has 6 aromatic rings. The van der Waals surface area contributed by atoms with Gasteiger partial charge in [-0.3, -0.25) is 9.59 Å². The van der Waals surface area contributed by atoms with Gasteiger partial charge in [0.15, 0.2) is 0 Å². The monoisotopic (exact) mass is 1090 g/mol. The SMILES string of the molecule is CCCCCCCC(OC(=O)CC)Oc1ccc(/N=N/c2ccc(/N=N/c3ccc(N4CCCCC4)cc3-c3cc(N(C)CCC#N)ccc3/N=N\c3ccc(/N=N/c4ccc(OCCOC(=O)CC)cc4Cl)cc3)cc2)cc1. The zero-order chi connectivity index (χ0) is 55.6. The number of nitrogens with zero attached hydrogens (tertiary/aromatic N) is 11. The average molecular weight is 1090 g/mol. The van der Waals surface area contributed by atoms with E-state index in [4.69, 9.17) is 45.9 Å². The summed E-state index contributed by atoms with van der Waals surface area (Å²) in [5.41, 5.74) is 8.40. The molecule has 1 unspecified atom stereocenters. The maximum absolute atomic E-state index is 12.1. The fourth-order valence-corrected chi connectivity index (χ4v) is 8.52. The predicted octanol–water partition coefficient (Wildman–Crippen LogP) is 18.4. The molecule has 17 nitrogen and oxygen atoms in total. The number of esters is 2. The Hall–Kier alpha value is -8.36. The van der Waals surface area contributed by atoms with E-state index in [1.54, 1.807) is 56.3 Å². The number of rotatable bonds is 28. The second kappa shape index (κ2) is 31.1. The maximum atomic E-state index is 12.1. The average Bonchev–Trinajstić information content (AvgIpc) is 3.57. The molecule has 1 heterocycles. The van der Waals surface area contributed by atoms with Crippen molar-refractivity contribution in [1.29, 1.82) is 5.26 Å². The summed E-state index contributed by atoms with van der Waals surface area (Å²) >= 11 is 6.49. The highest BCUT2D eigenvalue weighted by atomic mass is 35.5. The molecule has 1 fully saturated rings. The minimum atomic E-state index is -0.641. The molecule has 1 aliphatic heterocycles. The summed E-state index contributed by atoms with van der Waals surface area (Å²) in [5, 5.41) is 46.4. The number of halogens is 1. The van der Waals surface area contributed by atoms with Gasteiger partial charge < -0.3 is 28.7 Å². The van der Waals surface area contributed by atoms with E-state index in [2.05, 4.69) is 61.7 Å². The van der Waals surface area contributed by atoms with Crippen LogP contribution in [-0.2, 0) is 19.1 Å². The minimum Gasteiger partial charge on any atom is -0.490 e. The Kier molecular flexibility index (Phi) is 23.0. The lowest BCUT2D eigenvalue weighted by Crippen LogP contribution is -2.29. The van der Waals surface area contributed by atoms with Crippen LogP contribution in [0.25, 0.3) is 11.1 Å². The number of benzene rings is 6. The third kappa shape index (κ3) is 18.7. The fraction of sp³-hybridized carbons (Fsp3) is 0.361. The summed E-state index contributed by atoms with van der Waals surface area (Å²) < 4.78 is 22.4. The Labute approximate surface area is 468 Å². The molecule has 0 amide bonds. The molecular formula is C61H68ClN11O6. The predicted molar refractivity (Wildman–Crippen MR) is 310 cm³/mol. The van der Waals surface area contributed by atoms with Crippen molar-refractivity contribution in [2.24, 2.45) is 40.9 Å². The van der Waals surface area contributed by atoms with Crippen LogP contribution in [0.1, 0.15) is 97.8 Å². The number of hydrogen-bond donors (Lipinski definition) is 0. The van der Waals surface area contributed by atoms with E-state index >= 15 is 0 Å².